The summed E-state index contributed by atoms with van der Waals surface area (Å²) in [6, 6.07) is 4.79. The van der Waals surface area contributed by atoms with E-state index in [1.807, 2.05) is 4.57 Å². The zero-order valence-electron chi connectivity index (χ0n) is 16.7. The van der Waals surface area contributed by atoms with E-state index in [1.165, 1.54) is 12.3 Å². The summed E-state index contributed by atoms with van der Waals surface area (Å²) in [7, 11) is 1.64. The maximum atomic E-state index is 12.5. The number of rotatable bonds is 7. The second-order valence-electron chi connectivity index (χ2n) is 7.69. The number of carboxylic acids is 1. The number of ether oxygens (including phenoxy) is 3. The average Bonchev–Trinajstić information content (AvgIpc) is 2.81. The number of aromatic nitrogens is 1. The van der Waals surface area contributed by atoms with E-state index in [-0.39, 0.29) is 11.6 Å². The summed E-state index contributed by atoms with van der Waals surface area (Å²) in [5.74, 6) is 0.220. The summed E-state index contributed by atoms with van der Waals surface area (Å²) < 4.78 is 18.8. The van der Waals surface area contributed by atoms with Gasteiger partial charge in [0.15, 0.2) is 5.43 Å². The SMILES string of the molecule is COCCCOc1cc2c(cc1Cl)-c1cc(=O)c(C(=O)O)cn1[C@H](C1CCC1)CO2. The van der Waals surface area contributed by atoms with Crippen molar-refractivity contribution in [1.82, 2.24) is 4.57 Å². The van der Waals surface area contributed by atoms with Crippen molar-refractivity contribution in [1.29, 1.82) is 0 Å². The second kappa shape index (κ2) is 8.70. The lowest BCUT2D eigenvalue weighted by atomic mass is 9.79. The smallest absolute Gasteiger partial charge is 0.341 e. The van der Waals surface area contributed by atoms with Crippen LogP contribution in [0.3, 0.4) is 0 Å². The first-order valence-electron chi connectivity index (χ1n) is 10.1. The van der Waals surface area contributed by atoms with Crippen LogP contribution in [-0.4, -0.2) is 42.6 Å². The van der Waals surface area contributed by atoms with Crippen LogP contribution in [0, 0.1) is 5.92 Å². The van der Waals surface area contributed by atoms with Gasteiger partial charge in [-0.2, -0.15) is 0 Å². The average molecular weight is 434 g/mol. The summed E-state index contributed by atoms with van der Waals surface area (Å²) in [4.78, 5) is 24.0. The number of fused-ring (bicyclic) bond motifs is 3. The van der Waals surface area contributed by atoms with Crippen LogP contribution in [-0.2, 0) is 4.74 Å². The van der Waals surface area contributed by atoms with E-state index in [0.717, 1.165) is 25.7 Å². The van der Waals surface area contributed by atoms with Gasteiger partial charge in [-0.1, -0.05) is 18.0 Å². The fraction of sp³-hybridized carbons (Fsp3) is 0.455. The van der Waals surface area contributed by atoms with Gasteiger partial charge in [0.05, 0.1) is 23.4 Å². The Morgan fingerprint density at radius 2 is 2.10 bits per heavy atom. The van der Waals surface area contributed by atoms with Crippen LogP contribution in [0.25, 0.3) is 11.3 Å². The van der Waals surface area contributed by atoms with Crippen molar-refractivity contribution in [3.05, 3.63) is 45.2 Å². The van der Waals surface area contributed by atoms with Crippen LogP contribution >= 0.6 is 11.6 Å². The first-order chi connectivity index (χ1) is 14.5. The molecular formula is C22H24ClNO6. The molecule has 1 aliphatic heterocycles. The van der Waals surface area contributed by atoms with Gasteiger partial charge in [-0.3, -0.25) is 4.79 Å². The predicted octanol–water partition coefficient (Wildman–Crippen LogP) is 4.02. The van der Waals surface area contributed by atoms with Crippen LogP contribution in [0.4, 0.5) is 0 Å². The Hall–Kier alpha value is -2.51. The van der Waals surface area contributed by atoms with Gasteiger partial charge in [0, 0.05) is 44.0 Å². The summed E-state index contributed by atoms with van der Waals surface area (Å²) in [5, 5.41) is 9.84. The molecule has 160 valence electrons. The molecule has 4 rings (SSSR count). The molecule has 0 spiro atoms. The van der Waals surface area contributed by atoms with Gasteiger partial charge in [0.1, 0.15) is 23.7 Å². The van der Waals surface area contributed by atoms with Crippen molar-refractivity contribution in [2.24, 2.45) is 5.92 Å². The molecule has 1 fully saturated rings. The van der Waals surface area contributed by atoms with Crippen LogP contribution < -0.4 is 14.9 Å². The van der Waals surface area contributed by atoms with Crippen molar-refractivity contribution in [3.63, 3.8) is 0 Å². The third-order valence-corrected chi connectivity index (χ3v) is 6.13. The molecular weight excluding hydrogens is 410 g/mol. The number of hydrogen-bond donors (Lipinski definition) is 1. The van der Waals surface area contributed by atoms with E-state index >= 15 is 0 Å². The normalized spacial score (nSPS) is 17.9. The molecule has 1 saturated carbocycles. The van der Waals surface area contributed by atoms with E-state index in [0.29, 0.717) is 53.5 Å². The van der Waals surface area contributed by atoms with Crippen molar-refractivity contribution in [2.75, 3.05) is 26.9 Å². The maximum Gasteiger partial charge on any atom is 0.341 e. The Labute approximate surface area is 179 Å². The minimum absolute atomic E-state index is 0.0512. The van der Waals surface area contributed by atoms with Gasteiger partial charge < -0.3 is 23.9 Å². The van der Waals surface area contributed by atoms with Crippen molar-refractivity contribution >= 4 is 17.6 Å². The molecule has 1 aliphatic carbocycles. The highest BCUT2D eigenvalue weighted by molar-refractivity contribution is 6.32. The molecule has 1 aromatic carbocycles. The second-order valence-corrected chi connectivity index (χ2v) is 8.10. The van der Waals surface area contributed by atoms with Gasteiger partial charge in [0.2, 0.25) is 0 Å². The number of aromatic carboxylic acids is 1. The molecule has 0 saturated heterocycles. The van der Waals surface area contributed by atoms with Gasteiger partial charge in [-0.15, -0.1) is 0 Å². The Balaban J connectivity index is 1.77. The van der Waals surface area contributed by atoms with Gasteiger partial charge in [-0.05, 0) is 24.8 Å². The van der Waals surface area contributed by atoms with E-state index in [9.17, 15) is 14.7 Å². The number of pyridine rings is 1. The third kappa shape index (κ3) is 3.91. The van der Waals surface area contributed by atoms with Crippen LogP contribution in [0.2, 0.25) is 5.02 Å². The molecule has 1 N–H and O–H groups in total. The number of benzene rings is 1. The highest BCUT2D eigenvalue weighted by Gasteiger charge is 2.34. The number of hydrogen-bond acceptors (Lipinski definition) is 5. The standard InChI is InChI=1S/C22H24ClNO6/c1-28-6-3-7-29-21-10-20-14(8-16(21)23)17-9-19(25)15(22(26)27)11-24(17)18(12-30-20)13-4-2-5-13/h8-11,13,18H,2-7,12H2,1H3,(H,26,27)/t18-/m0/s1. The molecule has 0 radical (unpaired) electrons. The Morgan fingerprint density at radius 1 is 1.30 bits per heavy atom. The molecule has 0 bridgehead atoms. The van der Waals surface area contributed by atoms with E-state index in [1.54, 1.807) is 19.2 Å². The Bertz CT molecular complexity index is 1010. The van der Waals surface area contributed by atoms with Crippen LogP contribution in [0.1, 0.15) is 42.1 Å². The van der Waals surface area contributed by atoms with E-state index < -0.39 is 11.4 Å². The minimum Gasteiger partial charge on any atom is -0.492 e. The number of carboxylic acid groups (broad SMARTS) is 1. The highest BCUT2D eigenvalue weighted by atomic mass is 35.5. The zero-order valence-corrected chi connectivity index (χ0v) is 17.5. The van der Waals surface area contributed by atoms with Gasteiger partial charge in [-0.25, -0.2) is 4.79 Å². The molecule has 30 heavy (non-hydrogen) atoms. The quantitative estimate of drug-likeness (QED) is 0.664. The van der Waals surface area contributed by atoms with Gasteiger partial charge >= 0.3 is 5.97 Å². The molecule has 2 aromatic rings. The molecule has 1 aromatic heterocycles. The fourth-order valence-corrected chi connectivity index (χ4v) is 4.21. The van der Waals surface area contributed by atoms with E-state index in [2.05, 4.69) is 0 Å². The summed E-state index contributed by atoms with van der Waals surface area (Å²) in [6.45, 7) is 1.43. The van der Waals surface area contributed by atoms with Gasteiger partial charge in [0.25, 0.3) is 0 Å². The topological polar surface area (TPSA) is 87.0 Å². The molecule has 1 atom stereocenters. The molecule has 7 nitrogen and oxygen atoms in total. The molecule has 8 heteroatoms. The molecule has 0 unspecified atom stereocenters. The summed E-state index contributed by atoms with van der Waals surface area (Å²) >= 11 is 6.46. The molecule has 2 aliphatic rings. The lowest BCUT2D eigenvalue weighted by Gasteiger charge is -2.35. The summed E-state index contributed by atoms with van der Waals surface area (Å²) in [6.07, 6.45) is 5.41. The third-order valence-electron chi connectivity index (χ3n) is 5.83. The highest BCUT2D eigenvalue weighted by Crippen LogP contribution is 2.45. The van der Waals surface area contributed by atoms with Crippen molar-refractivity contribution in [2.45, 2.75) is 31.7 Å². The van der Waals surface area contributed by atoms with E-state index in [4.69, 9.17) is 25.8 Å². The number of halogens is 1. The van der Waals surface area contributed by atoms with Crippen molar-refractivity contribution < 1.29 is 24.1 Å². The maximum absolute atomic E-state index is 12.5. The molecule has 2 heterocycles. The first-order valence-corrected chi connectivity index (χ1v) is 10.5. The summed E-state index contributed by atoms with van der Waals surface area (Å²) in [5.41, 5.74) is 0.489. The Kier molecular flexibility index (Phi) is 6.01. The number of carbonyl (C=O) groups is 1. The number of methoxy groups -OCH3 is 1. The monoisotopic (exact) mass is 433 g/mol. The zero-order chi connectivity index (χ0) is 21.3. The molecule has 0 amide bonds. The fourth-order valence-electron chi connectivity index (χ4n) is 3.99. The lowest BCUT2D eigenvalue weighted by molar-refractivity contribution is 0.0693. The van der Waals surface area contributed by atoms with Crippen molar-refractivity contribution in [3.8, 4) is 22.8 Å². The first kappa shape index (κ1) is 20.8. The van der Waals surface area contributed by atoms with Crippen LogP contribution in [0.15, 0.2) is 29.2 Å². The number of nitrogens with zero attached hydrogens (tertiary/aromatic N) is 1. The Morgan fingerprint density at radius 3 is 2.77 bits per heavy atom. The minimum atomic E-state index is -1.23. The van der Waals surface area contributed by atoms with Crippen LogP contribution in [0.5, 0.6) is 11.5 Å². The largest absolute Gasteiger partial charge is 0.492 e. The lowest BCUT2D eigenvalue weighted by Crippen LogP contribution is -2.31. The predicted molar refractivity (Wildman–Crippen MR) is 112 cm³/mol.